The Morgan fingerprint density at radius 3 is 1.95 bits per heavy atom. The zero-order valence-electron chi connectivity index (χ0n) is 11.8. The van der Waals surface area contributed by atoms with Gasteiger partial charge in [-0.2, -0.15) is 0 Å². The highest BCUT2D eigenvalue weighted by atomic mass is 16.3. The summed E-state index contributed by atoms with van der Waals surface area (Å²) in [7, 11) is 0. The molecule has 0 atom stereocenters. The normalized spacial score (nSPS) is 12.8. The first-order valence-corrected chi connectivity index (χ1v) is 7.10. The maximum absolute atomic E-state index is 5.70. The zero-order valence-corrected chi connectivity index (χ0v) is 11.8. The topological polar surface area (TPSA) is 26.0 Å². The second-order valence-electron chi connectivity index (χ2n) is 4.89. The van der Waals surface area contributed by atoms with Crippen molar-refractivity contribution in [2.24, 2.45) is 0 Å². The highest BCUT2D eigenvalue weighted by molar-refractivity contribution is 5.30. The molecule has 0 saturated carbocycles. The summed E-state index contributed by atoms with van der Waals surface area (Å²) in [6.45, 7) is 0. The Morgan fingerprint density at radius 2 is 1.33 bits per heavy atom. The van der Waals surface area contributed by atoms with Gasteiger partial charge < -0.3 is 4.42 Å². The molecule has 2 heteroatoms. The van der Waals surface area contributed by atoms with Crippen molar-refractivity contribution in [3.05, 3.63) is 88.9 Å². The second-order valence-corrected chi connectivity index (χ2v) is 4.89. The minimum Gasteiger partial charge on any atom is -0.438 e. The summed E-state index contributed by atoms with van der Waals surface area (Å²) < 4.78 is 5.70. The van der Waals surface area contributed by atoms with E-state index in [1.807, 2.05) is 42.5 Å². The standard InChI is InChI=1S/C19H17NO/c1-3-7-16(8-4-1)11-13-18-15-20-19(21-18)14-12-17-9-5-2-6-10-17/h1-10,13-15H,11-12H2. The van der Waals surface area contributed by atoms with E-state index >= 15 is 0 Å². The Labute approximate surface area is 124 Å². The molecule has 0 bridgehead atoms. The van der Waals surface area contributed by atoms with E-state index in [1.54, 1.807) is 6.20 Å². The molecule has 1 heterocycles. The molecule has 0 saturated heterocycles. The molecule has 1 aromatic heterocycles. The Morgan fingerprint density at radius 1 is 0.762 bits per heavy atom. The molecule has 2 nitrogen and oxygen atoms in total. The molecule has 0 aliphatic rings. The summed E-state index contributed by atoms with van der Waals surface area (Å²) in [5, 5.41) is 0. The number of hydrogen-bond acceptors (Lipinski definition) is 2. The lowest BCUT2D eigenvalue weighted by Crippen LogP contribution is -2.02. The Kier molecular flexibility index (Phi) is 4.27. The third kappa shape index (κ3) is 3.93. The lowest BCUT2D eigenvalue weighted by Gasteiger charge is -1.92. The van der Waals surface area contributed by atoms with Gasteiger partial charge in [0.1, 0.15) is 5.42 Å². The molecule has 0 aliphatic heterocycles. The predicted octanol–water partition coefficient (Wildman–Crippen LogP) is 2.72. The monoisotopic (exact) mass is 275 g/mol. The van der Waals surface area contributed by atoms with Crippen LogP contribution in [0.5, 0.6) is 0 Å². The highest BCUT2D eigenvalue weighted by Crippen LogP contribution is 2.00. The van der Waals surface area contributed by atoms with Crippen molar-refractivity contribution in [1.82, 2.24) is 4.98 Å². The molecule has 0 spiro atoms. The fourth-order valence-electron chi connectivity index (χ4n) is 2.14. The minimum atomic E-state index is 0.679. The minimum absolute atomic E-state index is 0.679. The summed E-state index contributed by atoms with van der Waals surface area (Å²) in [6, 6.07) is 20.6. The Hall–Kier alpha value is -2.61. The molecule has 21 heavy (non-hydrogen) atoms. The lowest BCUT2D eigenvalue weighted by atomic mass is 10.1. The van der Waals surface area contributed by atoms with Crippen LogP contribution in [0.3, 0.4) is 0 Å². The molecule has 0 radical (unpaired) electrons. The molecular formula is C19H17NO. The number of rotatable bonds is 4. The van der Waals surface area contributed by atoms with Gasteiger partial charge in [0.15, 0.2) is 0 Å². The summed E-state index contributed by atoms with van der Waals surface area (Å²) in [5.74, 6) is 0. The molecule has 0 unspecified atom stereocenters. The summed E-state index contributed by atoms with van der Waals surface area (Å²) >= 11 is 0. The van der Waals surface area contributed by atoms with Crippen LogP contribution in [-0.4, -0.2) is 4.98 Å². The van der Waals surface area contributed by atoms with Crippen LogP contribution in [0.4, 0.5) is 0 Å². The molecular weight excluding hydrogens is 258 g/mol. The van der Waals surface area contributed by atoms with Crippen molar-refractivity contribution in [2.45, 2.75) is 12.8 Å². The number of hydrogen-bond donors (Lipinski definition) is 0. The third-order valence-corrected chi connectivity index (χ3v) is 3.28. The van der Waals surface area contributed by atoms with Crippen LogP contribution in [0.1, 0.15) is 11.1 Å². The van der Waals surface area contributed by atoms with Crippen LogP contribution in [-0.2, 0) is 12.8 Å². The molecule has 0 aliphatic carbocycles. The first kappa shape index (κ1) is 13.4. The summed E-state index contributed by atoms with van der Waals surface area (Å²) in [5.41, 5.74) is 4.02. The maximum atomic E-state index is 5.70. The SMILES string of the molecule is C(Cc1ccccc1)=c1cnc(=CCc2ccccc2)o1. The zero-order chi connectivity index (χ0) is 14.3. The fourth-order valence-corrected chi connectivity index (χ4v) is 2.14. The van der Waals surface area contributed by atoms with Crippen molar-refractivity contribution >= 4 is 12.2 Å². The van der Waals surface area contributed by atoms with Gasteiger partial charge in [-0.1, -0.05) is 60.7 Å². The number of oxazole rings is 1. The predicted molar refractivity (Wildman–Crippen MR) is 85.0 cm³/mol. The third-order valence-electron chi connectivity index (χ3n) is 3.28. The fraction of sp³-hybridized carbons (Fsp3) is 0.105. The van der Waals surface area contributed by atoms with Crippen LogP contribution in [0.2, 0.25) is 0 Å². The van der Waals surface area contributed by atoms with E-state index in [9.17, 15) is 0 Å². The van der Waals surface area contributed by atoms with E-state index in [0.29, 0.717) is 5.55 Å². The van der Waals surface area contributed by atoms with Gasteiger partial charge in [-0.3, -0.25) is 0 Å². The average molecular weight is 275 g/mol. The van der Waals surface area contributed by atoms with Gasteiger partial charge in [0, 0.05) is 0 Å². The van der Waals surface area contributed by atoms with Gasteiger partial charge in [-0.25, -0.2) is 4.98 Å². The van der Waals surface area contributed by atoms with E-state index < -0.39 is 0 Å². The van der Waals surface area contributed by atoms with Crippen LogP contribution in [0.25, 0.3) is 12.2 Å². The molecule has 0 N–H and O–H groups in total. The summed E-state index contributed by atoms with van der Waals surface area (Å²) in [4.78, 5) is 4.29. The largest absolute Gasteiger partial charge is 0.438 e. The number of aromatic nitrogens is 1. The average Bonchev–Trinajstić information content (AvgIpc) is 3.01. The van der Waals surface area contributed by atoms with E-state index in [1.165, 1.54) is 11.1 Å². The first-order valence-electron chi connectivity index (χ1n) is 7.10. The van der Waals surface area contributed by atoms with Gasteiger partial charge in [-0.05, 0) is 36.1 Å². The van der Waals surface area contributed by atoms with Gasteiger partial charge >= 0.3 is 0 Å². The first-order chi connectivity index (χ1) is 10.4. The maximum Gasteiger partial charge on any atom is 0.215 e. The quantitative estimate of drug-likeness (QED) is 0.731. The van der Waals surface area contributed by atoms with Gasteiger partial charge in [-0.15, -0.1) is 0 Å². The van der Waals surface area contributed by atoms with Crippen molar-refractivity contribution in [3.8, 4) is 0 Å². The summed E-state index contributed by atoms with van der Waals surface area (Å²) in [6.07, 6.45) is 7.53. The van der Waals surface area contributed by atoms with E-state index in [4.69, 9.17) is 4.42 Å². The van der Waals surface area contributed by atoms with Crippen molar-refractivity contribution in [3.63, 3.8) is 0 Å². The van der Waals surface area contributed by atoms with Crippen molar-refractivity contribution in [1.29, 1.82) is 0 Å². The van der Waals surface area contributed by atoms with Gasteiger partial charge in [0.2, 0.25) is 5.55 Å². The van der Waals surface area contributed by atoms with Crippen LogP contribution in [0.15, 0.2) is 71.3 Å². The van der Waals surface area contributed by atoms with Crippen molar-refractivity contribution in [2.75, 3.05) is 0 Å². The Bertz CT molecular complexity index is 720. The lowest BCUT2D eigenvalue weighted by molar-refractivity contribution is 0.489. The number of benzene rings is 2. The van der Waals surface area contributed by atoms with Crippen LogP contribution in [0, 0.1) is 0 Å². The van der Waals surface area contributed by atoms with E-state index in [-0.39, 0.29) is 0 Å². The van der Waals surface area contributed by atoms with Gasteiger partial charge in [0.05, 0.1) is 6.20 Å². The molecule has 0 fully saturated rings. The Balaban J connectivity index is 1.71. The molecule has 2 aromatic carbocycles. The van der Waals surface area contributed by atoms with Gasteiger partial charge in [0.25, 0.3) is 0 Å². The highest BCUT2D eigenvalue weighted by Gasteiger charge is 1.92. The smallest absolute Gasteiger partial charge is 0.215 e. The molecule has 104 valence electrons. The molecule has 0 amide bonds. The second kappa shape index (κ2) is 6.71. The number of nitrogens with zero attached hydrogens (tertiary/aromatic N) is 1. The van der Waals surface area contributed by atoms with E-state index in [2.05, 4.69) is 35.3 Å². The molecule has 3 rings (SSSR count). The van der Waals surface area contributed by atoms with Crippen LogP contribution < -0.4 is 11.0 Å². The van der Waals surface area contributed by atoms with E-state index in [0.717, 1.165) is 18.3 Å². The van der Waals surface area contributed by atoms with Crippen LogP contribution >= 0.6 is 0 Å². The van der Waals surface area contributed by atoms with Crippen molar-refractivity contribution < 1.29 is 4.42 Å². The molecule has 3 aromatic rings.